The van der Waals surface area contributed by atoms with Gasteiger partial charge < -0.3 is 5.73 Å². The zero-order valence-corrected chi connectivity index (χ0v) is 11.5. The van der Waals surface area contributed by atoms with Crippen LogP contribution in [-0.2, 0) is 19.9 Å². The van der Waals surface area contributed by atoms with Crippen molar-refractivity contribution in [2.45, 2.75) is 26.3 Å². The topological polar surface area (TPSA) is 97.5 Å². The Hall–Kier alpha value is -0.180. The van der Waals surface area contributed by atoms with Crippen molar-refractivity contribution in [1.82, 2.24) is 4.31 Å². The summed E-state index contributed by atoms with van der Waals surface area (Å²) in [4.78, 5) is 0. The minimum atomic E-state index is -3.76. The van der Waals surface area contributed by atoms with Crippen molar-refractivity contribution < 1.29 is 16.8 Å². The normalized spacial score (nSPS) is 13.6. The highest BCUT2D eigenvalue weighted by atomic mass is 32.3. The Morgan fingerprint density at radius 2 is 1.69 bits per heavy atom. The van der Waals surface area contributed by atoms with E-state index in [4.69, 9.17) is 5.73 Å². The Kier molecular flexibility index (Phi) is 5.88. The van der Waals surface area contributed by atoms with Gasteiger partial charge in [0.15, 0.2) is 14.9 Å². The second kappa shape index (κ2) is 5.95. The zero-order valence-electron chi connectivity index (χ0n) is 9.88. The van der Waals surface area contributed by atoms with Gasteiger partial charge in [0.25, 0.3) is 0 Å². The first kappa shape index (κ1) is 15.8. The molecule has 0 fully saturated rings. The SMILES string of the molecule is CC(C)N(CCCN)S(=O)(=O)CS(C)(=O)=O. The fourth-order valence-corrected chi connectivity index (χ4v) is 5.06. The van der Waals surface area contributed by atoms with Crippen LogP contribution in [0.15, 0.2) is 0 Å². The smallest absolute Gasteiger partial charge is 0.228 e. The molecular formula is C8H20N2O4S2. The molecule has 0 aliphatic heterocycles. The van der Waals surface area contributed by atoms with Gasteiger partial charge in [0.1, 0.15) is 0 Å². The van der Waals surface area contributed by atoms with Gasteiger partial charge in [-0.2, -0.15) is 4.31 Å². The van der Waals surface area contributed by atoms with E-state index in [-0.39, 0.29) is 12.6 Å². The molecule has 0 amide bonds. The predicted octanol–water partition coefficient (Wildman–Crippen LogP) is -0.622. The van der Waals surface area contributed by atoms with Gasteiger partial charge in [0.05, 0.1) is 0 Å². The highest BCUT2D eigenvalue weighted by Crippen LogP contribution is 2.10. The largest absolute Gasteiger partial charge is 0.330 e. The van der Waals surface area contributed by atoms with E-state index in [9.17, 15) is 16.8 Å². The molecule has 0 saturated carbocycles. The van der Waals surface area contributed by atoms with Crippen molar-refractivity contribution in [3.8, 4) is 0 Å². The lowest BCUT2D eigenvalue weighted by atomic mass is 10.3. The van der Waals surface area contributed by atoms with E-state index in [1.807, 2.05) is 0 Å². The van der Waals surface area contributed by atoms with E-state index in [1.165, 1.54) is 4.31 Å². The Morgan fingerprint density at radius 1 is 1.19 bits per heavy atom. The summed E-state index contributed by atoms with van der Waals surface area (Å²) in [6.45, 7) is 4.04. The standard InChI is InChI=1S/C8H20N2O4S2/c1-8(2)10(6-4-5-9)16(13,14)7-15(3,11)12/h8H,4-7,9H2,1-3H3. The van der Waals surface area contributed by atoms with Gasteiger partial charge in [-0.25, -0.2) is 16.8 Å². The first-order chi connectivity index (χ1) is 7.10. The second-order valence-electron chi connectivity index (χ2n) is 4.00. The van der Waals surface area contributed by atoms with Crippen LogP contribution >= 0.6 is 0 Å². The highest BCUT2D eigenvalue weighted by Gasteiger charge is 2.28. The van der Waals surface area contributed by atoms with E-state index in [0.29, 0.717) is 13.0 Å². The molecule has 0 aliphatic rings. The summed E-state index contributed by atoms with van der Waals surface area (Å²) in [5.74, 6) is 0. The third-order valence-electron chi connectivity index (χ3n) is 1.88. The van der Waals surface area contributed by atoms with E-state index >= 15 is 0 Å². The fraction of sp³-hybridized carbons (Fsp3) is 1.00. The van der Waals surface area contributed by atoms with Gasteiger partial charge in [-0.3, -0.25) is 0 Å². The third-order valence-corrected chi connectivity index (χ3v) is 6.10. The maximum atomic E-state index is 11.8. The minimum absolute atomic E-state index is 0.256. The number of sulfone groups is 1. The summed E-state index contributed by atoms with van der Waals surface area (Å²) in [5, 5.41) is -0.844. The van der Waals surface area contributed by atoms with E-state index in [2.05, 4.69) is 0 Å². The quantitative estimate of drug-likeness (QED) is 0.666. The van der Waals surface area contributed by atoms with Crippen LogP contribution in [0.25, 0.3) is 0 Å². The van der Waals surface area contributed by atoms with Gasteiger partial charge in [-0.15, -0.1) is 0 Å². The average molecular weight is 272 g/mol. The first-order valence-electron chi connectivity index (χ1n) is 4.97. The Bertz CT molecular complexity index is 400. The monoisotopic (exact) mass is 272 g/mol. The summed E-state index contributed by atoms with van der Waals surface area (Å²) in [7, 11) is -7.31. The summed E-state index contributed by atoms with van der Waals surface area (Å²) < 4.78 is 46.8. The van der Waals surface area contributed by atoms with Crippen molar-refractivity contribution in [2.75, 3.05) is 24.4 Å². The van der Waals surface area contributed by atoms with Crippen LogP contribution in [0.5, 0.6) is 0 Å². The van der Waals surface area contributed by atoms with Crippen molar-refractivity contribution in [2.24, 2.45) is 5.73 Å². The molecule has 0 unspecified atom stereocenters. The molecule has 6 nitrogen and oxygen atoms in total. The maximum Gasteiger partial charge on any atom is 0.228 e. The fourth-order valence-electron chi connectivity index (χ4n) is 1.30. The molecule has 16 heavy (non-hydrogen) atoms. The minimum Gasteiger partial charge on any atom is -0.330 e. The van der Waals surface area contributed by atoms with Gasteiger partial charge in [-0.05, 0) is 26.8 Å². The second-order valence-corrected chi connectivity index (χ2v) is 8.43. The predicted molar refractivity (Wildman–Crippen MR) is 64.1 cm³/mol. The summed E-state index contributed by atoms with van der Waals surface area (Å²) in [5.41, 5.74) is 5.31. The van der Waals surface area contributed by atoms with Crippen molar-refractivity contribution in [1.29, 1.82) is 0 Å². The number of sulfonamides is 1. The summed E-state index contributed by atoms with van der Waals surface area (Å²) in [6.07, 6.45) is 1.42. The maximum absolute atomic E-state index is 11.8. The molecule has 0 aromatic rings. The van der Waals surface area contributed by atoms with E-state index < -0.39 is 24.9 Å². The van der Waals surface area contributed by atoms with Crippen molar-refractivity contribution in [3.05, 3.63) is 0 Å². The van der Waals surface area contributed by atoms with Gasteiger partial charge in [0.2, 0.25) is 10.0 Å². The van der Waals surface area contributed by atoms with E-state index in [0.717, 1.165) is 6.26 Å². The molecule has 0 spiro atoms. The van der Waals surface area contributed by atoms with Crippen LogP contribution in [0, 0.1) is 0 Å². The molecule has 2 N–H and O–H groups in total. The molecule has 0 saturated heterocycles. The van der Waals surface area contributed by atoms with Crippen LogP contribution in [0.1, 0.15) is 20.3 Å². The Morgan fingerprint density at radius 3 is 2.00 bits per heavy atom. The number of nitrogens with zero attached hydrogens (tertiary/aromatic N) is 1. The average Bonchev–Trinajstić information content (AvgIpc) is 1.98. The van der Waals surface area contributed by atoms with Crippen LogP contribution in [0.3, 0.4) is 0 Å². The summed E-state index contributed by atoms with van der Waals surface area (Å²) in [6, 6.07) is -0.265. The first-order valence-corrected chi connectivity index (χ1v) is 8.64. The third kappa shape index (κ3) is 5.78. The number of hydrogen-bond acceptors (Lipinski definition) is 5. The lowest BCUT2D eigenvalue weighted by molar-refractivity contribution is 0.353. The molecule has 8 heteroatoms. The molecule has 0 aromatic carbocycles. The number of rotatable bonds is 7. The number of hydrogen-bond donors (Lipinski definition) is 1. The molecule has 0 heterocycles. The summed E-state index contributed by atoms with van der Waals surface area (Å²) >= 11 is 0. The van der Waals surface area contributed by atoms with Crippen LogP contribution in [0.4, 0.5) is 0 Å². The molecule has 98 valence electrons. The van der Waals surface area contributed by atoms with E-state index in [1.54, 1.807) is 13.8 Å². The van der Waals surface area contributed by atoms with Gasteiger partial charge in [-0.1, -0.05) is 0 Å². The highest BCUT2D eigenvalue weighted by molar-refractivity contribution is 8.06. The van der Waals surface area contributed by atoms with Crippen LogP contribution < -0.4 is 5.73 Å². The molecule has 0 rings (SSSR count). The molecule has 0 aromatic heterocycles. The molecule has 0 atom stereocenters. The van der Waals surface area contributed by atoms with Gasteiger partial charge >= 0.3 is 0 Å². The molecule has 0 radical (unpaired) electrons. The zero-order chi connectivity index (χ0) is 13.0. The van der Waals surface area contributed by atoms with Crippen molar-refractivity contribution in [3.63, 3.8) is 0 Å². The molecule has 0 aliphatic carbocycles. The van der Waals surface area contributed by atoms with Crippen molar-refractivity contribution >= 4 is 19.9 Å². The van der Waals surface area contributed by atoms with Crippen LogP contribution in [-0.4, -0.2) is 51.6 Å². The lowest BCUT2D eigenvalue weighted by Gasteiger charge is -2.25. The van der Waals surface area contributed by atoms with Gasteiger partial charge in [0, 0.05) is 18.8 Å². The Labute approximate surface area is 97.8 Å². The number of nitrogens with two attached hydrogens (primary N) is 1. The molecular weight excluding hydrogens is 252 g/mol. The lowest BCUT2D eigenvalue weighted by Crippen LogP contribution is -2.41. The Balaban J connectivity index is 4.91. The van der Waals surface area contributed by atoms with Crippen LogP contribution in [0.2, 0.25) is 0 Å². The molecule has 0 bridgehead atoms.